The summed E-state index contributed by atoms with van der Waals surface area (Å²) in [5.41, 5.74) is 4.44. The molecule has 2 aromatic heterocycles. The van der Waals surface area contributed by atoms with Crippen LogP contribution in [-0.4, -0.2) is 26.1 Å². The van der Waals surface area contributed by atoms with Gasteiger partial charge >= 0.3 is 0 Å². The van der Waals surface area contributed by atoms with Crippen molar-refractivity contribution in [2.24, 2.45) is 0 Å². The van der Waals surface area contributed by atoms with Crippen molar-refractivity contribution in [1.82, 2.24) is 20.2 Å². The quantitative estimate of drug-likeness (QED) is 0.431. The molecule has 4 aromatic rings. The molecule has 6 nitrogen and oxygen atoms in total. The maximum atomic E-state index is 14.8. The average Bonchev–Trinajstić information content (AvgIpc) is 3.40. The second-order valence-electron chi connectivity index (χ2n) is 6.46. The third-order valence-electron chi connectivity index (χ3n) is 4.89. The number of halogens is 2. The van der Waals surface area contributed by atoms with Crippen LogP contribution in [0.3, 0.4) is 0 Å². The third kappa shape index (κ3) is 3.04. The van der Waals surface area contributed by atoms with Crippen molar-refractivity contribution in [2.75, 3.05) is 4.90 Å². The van der Waals surface area contributed by atoms with Gasteiger partial charge in [-0.3, -0.25) is 14.8 Å². The highest BCUT2D eigenvalue weighted by Gasteiger charge is 2.43. The first kappa shape index (κ1) is 19.3. The summed E-state index contributed by atoms with van der Waals surface area (Å²) in [5, 5.41) is 7.01. The fourth-order valence-corrected chi connectivity index (χ4v) is 3.99. The Hall–Kier alpha value is -3.00. The lowest BCUT2D eigenvalue weighted by atomic mass is 9.98. The molecular formula is C21H19BrFN5O. The van der Waals surface area contributed by atoms with E-state index in [2.05, 4.69) is 36.1 Å². The minimum atomic E-state index is -0.597. The van der Waals surface area contributed by atoms with E-state index in [4.69, 9.17) is 0 Å². The molecule has 5 rings (SSSR count). The largest absolute Gasteiger partial charge is 0.345 e. The molecule has 148 valence electrons. The Morgan fingerprint density at radius 2 is 1.97 bits per heavy atom. The number of fused-ring (bicyclic) bond motifs is 2. The van der Waals surface area contributed by atoms with Crippen LogP contribution in [0.5, 0.6) is 0 Å². The van der Waals surface area contributed by atoms with Crippen LogP contribution in [0.2, 0.25) is 0 Å². The Kier molecular flexibility index (Phi) is 4.96. The highest BCUT2D eigenvalue weighted by Crippen LogP contribution is 2.43. The van der Waals surface area contributed by atoms with E-state index in [9.17, 15) is 9.18 Å². The van der Waals surface area contributed by atoms with E-state index in [0.717, 1.165) is 16.7 Å². The zero-order chi connectivity index (χ0) is 20.7. The number of amides is 1. The summed E-state index contributed by atoms with van der Waals surface area (Å²) in [7, 11) is 0. The number of aromatic nitrogens is 4. The molecule has 1 aliphatic heterocycles. The van der Waals surface area contributed by atoms with Crippen LogP contribution in [0.15, 0.2) is 47.2 Å². The standard InChI is InChI=1S/C19H13BrFN5O.C2H6/c1-9-16-17(25-24-9)19(27)26(11-3-5-14-15(7-11)23-8-22-14)18(16)12-4-2-10(20)6-13(12)21;1-2/h2-8,18H,1H3,(H,22,23)(H,24,25);1-2H3. The van der Waals surface area contributed by atoms with Gasteiger partial charge in [0.1, 0.15) is 5.82 Å². The minimum absolute atomic E-state index is 0.263. The van der Waals surface area contributed by atoms with Crippen molar-refractivity contribution in [3.8, 4) is 0 Å². The Labute approximate surface area is 175 Å². The molecule has 1 aliphatic rings. The number of rotatable bonds is 2. The van der Waals surface area contributed by atoms with Crippen molar-refractivity contribution in [3.05, 3.63) is 75.5 Å². The molecule has 0 aliphatic carbocycles. The number of carbonyl (C=O) groups excluding carboxylic acids is 1. The van der Waals surface area contributed by atoms with Gasteiger partial charge < -0.3 is 4.98 Å². The number of benzene rings is 2. The molecule has 2 N–H and O–H groups in total. The number of nitrogens with zero attached hydrogens (tertiary/aromatic N) is 3. The van der Waals surface area contributed by atoms with E-state index in [0.29, 0.717) is 27.0 Å². The lowest BCUT2D eigenvalue weighted by Crippen LogP contribution is -2.29. The summed E-state index contributed by atoms with van der Waals surface area (Å²) in [6, 6.07) is 9.76. The van der Waals surface area contributed by atoms with Crippen LogP contribution in [0.1, 0.15) is 47.2 Å². The van der Waals surface area contributed by atoms with Crippen LogP contribution in [-0.2, 0) is 0 Å². The van der Waals surface area contributed by atoms with Gasteiger partial charge in [0.2, 0.25) is 0 Å². The maximum Gasteiger partial charge on any atom is 0.280 e. The smallest absolute Gasteiger partial charge is 0.280 e. The summed E-state index contributed by atoms with van der Waals surface area (Å²) in [6.07, 6.45) is 1.60. The second kappa shape index (κ2) is 7.44. The van der Waals surface area contributed by atoms with E-state index in [-0.39, 0.29) is 11.7 Å². The monoisotopic (exact) mass is 455 g/mol. The van der Waals surface area contributed by atoms with Crippen molar-refractivity contribution >= 4 is 38.6 Å². The van der Waals surface area contributed by atoms with Crippen LogP contribution < -0.4 is 4.90 Å². The molecule has 8 heteroatoms. The summed E-state index contributed by atoms with van der Waals surface area (Å²) in [5.74, 6) is -0.649. The zero-order valence-corrected chi connectivity index (χ0v) is 17.7. The normalized spacial score (nSPS) is 15.4. The molecule has 0 spiro atoms. The fourth-order valence-electron chi connectivity index (χ4n) is 3.65. The lowest BCUT2D eigenvalue weighted by Gasteiger charge is -2.26. The van der Waals surface area contributed by atoms with Crippen LogP contribution in [0, 0.1) is 12.7 Å². The SMILES string of the molecule is CC.Cc1[nH]nc2c1C(c1ccc(Br)cc1F)N(c1ccc3nc[nH]c3c1)C2=O. The number of hydrogen-bond donors (Lipinski definition) is 2. The molecule has 1 unspecified atom stereocenters. The maximum absolute atomic E-state index is 14.8. The molecule has 3 heterocycles. The summed E-state index contributed by atoms with van der Waals surface area (Å²) < 4.78 is 15.5. The zero-order valence-electron chi connectivity index (χ0n) is 16.1. The third-order valence-corrected chi connectivity index (χ3v) is 5.38. The van der Waals surface area contributed by atoms with Crippen molar-refractivity contribution < 1.29 is 9.18 Å². The number of H-pyrrole nitrogens is 2. The molecule has 1 amide bonds. The number of anilines is 1. The average molecular weight is 456 g/mol. The summed E-state index contributed by atoms with van der Waals surface area (Å²) >= 11 is 3.29. The van der Waals surface area contributed by atoms with E-state index >= 15 is 0 Å². The van der Waals surface area contributed by atoms with Gasteiger partial charge in [0.05, 0.1) is 23.4 Å². The van der Waals surface area contributed by atoms with E-state index in [1.54, 1.807) is 23.4 Å². The van der Waals surface area contributed by atoms with E-state index in [1.165, 1.54) is 6.07 Å². The van der Waals surface area contributed by atoms with Crippen molar-refractivity contribution in [3.63, 3.8) is 0 Å². The predicted molar refractivity (Wildman–Crippen MR) is 114 cm³/mol. The molecule has 29 heavy (non-hydrogen) atoms. The minimum Gasteiger partial charge on any atom is -0.345 e. The molecule has 0 saturated heterocycles. The summed E-state index contributed by atoms with van der Waals surface area (Å²) in [4.78, 5) is 22.0. The van der Waals surface area contributed by atoms with Gasteiger partial charge in [-0.05, 0) is 37.3 Å². The van der Waals surface area contributed by atoms with Crippen LogP contribution in [0.25, 0.3) is 11.0 Å². The van der Waals surface area contributed by atoms with E-state index in [1.807, 2.05) is 39.0 Å². The molecule has 2 aromatic carbocycles. The highest BCUT2D eigenvalue weighted by atomic mass is 79.9. The molecule has 0 radical (unpaired) electrons. The first-order valence-electron chi connectivity index (χ1n) is 9.31. The lowest BCUT2D eigenvalue weighted by molar-refractivity contribution is 0.0988. The Morgan fingerprint density at radius 3 is 2.72 bits per heavy atom. The molecule has 1 atom stereocenters. The molecule has 0 fully saturated rings. The molecule has 0 saturated carbocycles. The van der Waals surface area contributed by atoms with Gasteiger partial charge in [-0.1, -0.05) is 35.8 Å². The Bertz CT molecular complexity index is 1210. The number of hydrogen-bond acceptors (Lipinski definition) is 3. The van der Waals surface area contributed by atoms with Crippen molar-refractivity contribution in [1.29, 1.82) is 0 Å². The number of imidazole rings is 1. The topological polar surface area (TPSA) is 77.7 Å². The predicted octanol–water partition coefficient (Wildman–Crippen LogP) is 5.27. The first-order valence-corrected chi connectivity index (χ1v) is 10.1. The number of aryl methyl sites for hydroxylation is 1. The van der Waals surface area contributed by atoms with Crippen LogP contribution in [0.4, 0.5) is 10.1 Å². The van der Waals surface area contributed by atoms with Gasteiger partial charge in [0.15, 0.2) is 5.69 Å². The van der Waals surface area contributed by atoms with Crippen LogP contribution >= 0.6 is 15.9 Å². The fraction of sp³-hybridized carbons (Fsp3) is 0.190. The van der Waals surface area contributed by atoms with Gasteiger partial charge in [0.25, 0.3) is 5.91 Å². The van der Waals surface area contributed by atoms with Gasteiger partial charge in [-0.15, -0.1) is 0 Å². The van der Waals surface area contributed by atoms with Gasteiger partial charge in [0, 0.05) is 27.0 Å². The van der Waals surface area contributed by atoms with Crippen molar-refractivity contribution in [2.45, 2.75) is 26.8 Å². The number of nitrogens with one attached hydrogen (secondary N) is 2. The molecular weight excluding hydrogens is 437 g/mol. The highest BCUT2D eigenvalue weighted by molar-refractivity contribution is 9.10. The number of carbonyl (C=O) groups is 1. The second-order valence-corrected chi connectivity index (χ2v) is 7.37. The number of aromatic amines is 2. The molecule has 0 bridgehead atoms. The summed E-state index contributed by atoms with van der Waals surface area (Å²) in [6.45, 7) is 5.84. The van der Waals surface area contributed by atoms with E-state index < -0.39 is 6.04 Å². The van der Waals surface area contributed by atoms with Gasteiger partial charge in [-0.25, -0.2) is 9.37 Å². The Balaban J connectivity index is 0.000000994. The van der Waals surface area contributed by atoms with Gasteiger partial charge in [-0.2, -0.15) is 5.10 Å². The first-order chi connectivity index (χ1) is 14.0. The Morgan fingerprint density at radius 1 is 1.17 bits per heavy atom.